The van der Waals surface area contributed by atoms with Crippen molar-refractivity contribution in [1.82, 2.24) is 5.32 Å². The topological polar surface area (TPSA) is 32.3 Å². The SMILES string of the molecule is CCC(O)CNC(c1ccc(F)cc1)C1CC1. The molecule has 2 rings (SSSR count). The third-order valence-electron chi connectivity index (χ3n) is 3.37. The number of aliphatic hydroxyl groups is 1. The maximum atomic E-state index is 12.9. The van der Waals surface area contributed by atoms with Crippen molar-refractivity contribution in [2.75, 3.05) is 6.54 Å². The molecule has 2 unspecified atom stereocenters. The van der Waals surface area contributed by atoms with Crippen molar-refractivity contribution < 1.29 is 9.50 Å². The second-order valence-electron chi connectivity index (χ2n) is 4.84. The highest BCUT2D eigenvalue weighted by Gasteiger charge is 2.32. The van der Waals surface area contributed by atoms with Crippen LogP contribution in [0.15, 0.2) is 24.3 Å². The van der Waals surface area contributed by atoms with Crippen molar-refractivity contribution >= 4 is 0 Å². The van der Waals surface area contributed by atoms with Crippen LogP contribution >= 0.6 is 0 Å². The van der Waals surface area contributed by atoms with E-state index < -0.39 is 0 Å². The lowest BCUT2D eigenvalue weighted by molar-refractivity contribution is 0.161. The number of benzene rings is 1. The van der Waals surface area contributed by atoms with Crippen LogP contribution in [0.5, 0.6) is 0 Å². The first-order valence-electron chi connectivity index (χ1n) is 6.37. The van der Waals surface area contributed by atoms with Crippen molar-refractivity contribution in [2.45, 2.75) is 38.3 Å². The number of rotatable bonds is 6. The molecule has 3 heteroatoms. The summed E-state index contributed by atoms with van der Waals surface area (Å²) in [6.45, 7) is 2.57. The molecule has 0 saturated heterocycles. The second-order valence-corrected chi connectivity index (χ2v) is 4.84. The molecule has 17 heavy (non-hydrogen) atoms. The zero-order valence-corrected chi connectivity index (χ0v) is 10.2. The predicted molar refractivity (Wildman–Crippen MR) is 66.2 cm³/mol. The van der Waals surface area contributed by atoms with Gasteiger partial charge < -0.3 is 10.4 Å². The smallest absolute Gasteiger partial charge is 0.123 e. The summed E-state index contributed by atoms with van der Waals surface area (Å²) in [5, 5.41) is 13.0. The fourth-order valence-corrected chi connectivity index (χ4v) is 2.06. The van der Waals surface area contributed by atoms with Crippen molar-refractivity contribution in [1.29, 1.82) is 0 Å². The van der Waals surface area contributed by atoms with E-state index in [4.69, 9.17) is 0 Å². The fourth-order valence-electron chi connectivity index (χ4n) is 2.06. The summed E-state index contributed by atoms with van der Waals surface area (Å²) in [7, 11) is 0. The average Bonchev–Trinajstić information content (AvgIpc) is 3.15. The quantitative estimate of drug-likeness (QED) is 0.797. The molecule has 1 saturated carbocycles. The van der Waals surface area contributed by atoms with E-state index in [1.807, 2.05) is 19.1 Å². The van der Waals surface area contributed by atoms with Gasteiger partial charge in [-0.25, -0.2) is 4.39 Å². The number of nitrogens with one attached hydrogen (secondary N) is 1. The van der Waals surface area contributed by atoms with Crippen molar-refractivity contribution in [3.05, 3.63) is 35.6 Å². The summed E-state index contributed by atoms with van der Waals surface area (Å²) in [6.07, 6.45) is 2.90. The maximum absolute atomic E-state index is 12.9. The molecule has 0 bridgehead atoms. The molecule has 0 amide bonds. The minimum Gasteiger partial charge on any atom is -0.392 e. The van der Waals surface area contributed by atoms with Crippen LogP contribution in [0.4, 0.5) is 4.39 Å². The highest BCUT2D eigenvalue weighted by atomic mass is 19.1. The molecular weight excluding hydrogens is 217 g/mol. The molecule has 2 nitrogen and oxygen atoms in total. The van der Waals surface area contributed by atoms with Gasteiger partial charge in [0, 0.05) is 12.6 Å². The molecule has 2 atom stereocenters. The van der Waals surface area contributed by atoms with Gasteiger partial charge >= 0.3 is 0 Å². The Kier molecular flexibility index (Phi) is 4.13. The van der Waals surface area contributed by atoms with Gasteiger partial charge in [0.25, 0.3) is 0 Å². The molecule has 0 spiro atoms. The Morgan fingerprint density at radius 3 is 2.53 bits per heavy atom. The van der Waals surface area contributed by atoms with Crippen LogP contribution in [0, 0.1) is 11.7 Å². The minimum atomic E-state index is -0.295. The number of halogens is 1. The van der Waals surface area contributed by atoms with E-state index in [0.717, 1.165) is 12.0 Å². The van der Waals surface area contributed by atoms with E-state index >= 15 is 0 Å². The molecule has 0 heterocycles. The molecular formula is C14H20FNO. The third kappa shape index (κ3) is 3.51. The van der Waals surface area contributed by atoms with Gasteiger partial charge in [0.2, 0.25) is 0 Å². The van der Waals surface area contributed by atoms with Gasteiger partial charge in [-0.15, -0.1) is 0 Å². The summed E-state index contributed by atoms with van der Waals surface area (Å²) in [5.41, 5.74) is 1.12. The zero-order chi connectivity index (χ0) is 12.3. The molecule has 0 radical (unpaired) electrons. The van der Waals surface area contributed by atoms with Crippen molar-refractivity contribution in [2.24, 2.45) is 5.92 Å². The van der Waals surface area contributed by atoms with Gasteiger partial charge in [-0.05, 0) is 42.9 Å². The first-order valence-corrected chi connectivity index (χ1v) is 6.37. The molecule has 1 aliphatic rings. The predicted octanol–water partition coefficient (Wildman–Crippen LogP) is 2.64. The Hall–Kier alpha value is -0.930. The Morgan fingerprint density at radius 2 is 2.00 bits per heavy atom. The second kappa shape index (κ2) is 5.61. The summed E-state index contributed by atoms with van der Waals surface area (Å²) in [6, 6.07) is 6.94. The summed E-state index contributed by atoms with van der Waals surface area (Å²) in [5.74, 6) is 0.446. The monoisotopic (exact) mass is 237 g/mol. The largest absolute Gasteiger partial charge is 0.392 e. The molecule has 0 aromatic heterocycles. The van der Waals surface area contributed by atoms with E-state index in [1.165, 1.54) is 25.0 Å². The standard InChI is InChI=1S/C14H20FNO/c1-2-13(17)9-16-14(10-3-4-10)11-5-7-12(15)8-6-11/h5-8,10,13-14,16-17H,2-4,9H2,1H3. The van der Waals surface area contributed by atoms with E-state index in [9.17, 15) is 9.50 Å². The lowest BCUT2D eigenvalue weighted by atomic mass is 10.0. The van der Waals surface area contributed by atoms with Gasteiger partial charge in [-0.2, -0.15) is 0 Å². The Bertz CT molecular complexity index is 348. The number of hydrogen-bond donors (Lipinski definition) is 2. The van der Waals surface area contributed by atoms with Gasteiger partial charge in [-0.1, -0.05) is 19.1 Å². The molecule has 2 N–H and O–H groups in total. The first-order chi connectivity index (χ1) is 8.20. The summed E-state index contributed by atoms with van der Waals surface area (Å²) in [4.78, 5) is 0. The van der Waals surface area contributed by atoms with Crippen LogP contribution in [-0.2, 0) is 0 Å². The highest BCUT2D eigenvalue weighted by Crippen LogP contribution is 2.40. The van der Waals surface area contributed by atoms with Crippen LogP contribution in [0.25, 0.3) is 0 Å². The molecule has 1 aliphatic carbocycles. The van der Waals surface area contributed by atoms with E-state index in [0.29, 0.717) is 12.5 Å². The lowest BCUT2D eigenvalue weighted by Gasteiger charge is -2.20. The van der Waals surface area contributed by atoms with Crippen LogP contribution in [0.2, 0.25) is 0 Å². The van der Waals surface area contributed by atoms with Gasteiger partial charge in [0.05, 0.1) is 6.10 Å². The minimum absolute atomic E-state index is 0.197. The lowest BCUT2D eigenvalue weighted by Crippen LogP contribution is -2.31. The Morgan fingerprint density at radius 1 is 1.35 bits per heavy atom. The average molecular weight is 237 g/mol. The van der Waals surface area contributed by atoms with Crippen LogP contribution in [0.1, 0.15) is 37.8 Å². The summed E-state index contributed by atoms with van der Waals surface area (Å²) < 4.78 is 12.9. The molecule has 0 aliphatic heterocycles. The molecule has 94 valence electrons. The van der Waals surface area contributed by atoms with Crippen LogP contribution in [-0.4, -0.2) is 17.8 Å². The van der Waals surface area contributed by atoms with Crippen molar-refractivity contribution in [3.63, 3.8) is 0 Å². The van der Waals surface area contributed by atoms with Crippen LogP contribution in [0.3, 0.4) is 0 Å². The van der Waals surface area contributed by atoms with E-state index in [1.54, 1.807) is 0 Å². The molecule has 1 fully saturated rings. The highest BCUT2D eigenvalue weighted by molar-refractivity contribution is 5.22. The summed E-state index contributed by atoms with van der Waals surface area (Å²) >= 11 is 0. The Labute approximate surface area is 102 Å². The van der Waals surface area contributed by atoms with Gasteiger partial charge in [-0.3, -0.25) is 0 Å². The Balaban J connectivity index is 1.99. The van der Waals surface area contributed by atoms with Gasteiger partial charge in [0.15, 0.2) is 0 Å². The zero-order valence-electron chi connectivity index (χ0n) is 10.2. The van der Waals surface area contributed by atoms with Crippen molar-refractivity contribution in [3.8, 4) is 0 Å². The fraction of sp³-hybridized carbons (Fsp3) is 0.571. The number of aliphatic hydroxyl groups excluding tert-OH is 1. The first kappa shape index (κ1) is 12.5. The van der Waals surface area contributed by atoms with E-state index in [-0.39, 0.29) is 18.0 Å². The van der Waals surface area contributed by atoms with Crippen LogP contribution < -0.4 is 5.32 Å². The van der Waals surface area contributed by atoms with E-state index in [2.05, 4.69) is 5.32 Å². The normalized spacial score (nSPS) is 19.0. The molecule has 1 aromatic rings. The molecule has 1 aromatic carbocycles. The van der Waals surface area contributed by atoms with Gasteiger partial charge in [0.1, 0.15) is 5.82 Å². The maximum Gasteiger partial charge on any atom is 0.123 e. The number of hydrogen-bond acceptors (Lipinski definition) is 2. The third-order valence-corrected chi connectivity index (χ3v) is 3.37.